The second-order valence-electron chi connectivity index (χ2n) is 7.71. The fourth-order valence-corrected chi connectivity index (χ4v) is 4.54. The zero-order valence-electron chi connectivity index (χ0n) is 17.9. The molecule has 1 aliphatic rings. The van der Waals surface area contributed by atoms with Gasteiger partial charge in [-0.15, -0.1) is 0 Å². The molecule has 0 saturated carbocycles. The molecule has 1 aliphatic heterocycles. The molecule has 1 heterocycles. The highest BCUT2D eigenvalue weighted by Gasteiger charge is 2.33. The monoisotopic (exact) mass is 534 g/mol. The number of rotatable bonds is 6. The van der Waals surface area contributed by atoms with Crippen molar-refractivity contribution in [1.29, 1.82) is 0 Å². The van der Waals surface area contributed by atoms with E-state index >= 15 is 0 Å². The van der Waals surface area contributed by atoms with Crippen LogP contribution < -0.4 is 10.1 Å². The molecule has 34 heavy (non-hydrogen) atoms. The van der Waals surface area contributed by atoms with Crippen LogP contribution in [0.25, 0.3) is 6.08 Å². The van der Waals surface area contributed by atoms with Crippen LogP contribution in [-0.2, 0) is 17.9 Å². The fourth-order valence-electron chi connectivity index (χ4n) is 3.46. The Morgan fingerprint density at radius 1 is 0.941 bits per heavy atom. The van der Waals surface area contributed by atoms with E-state index in [-0.39, 0.29) is 34.6 Å². The minimum absolute atomic E-state index is 0.131. The van der Waals surface area contributed by atoms with E-state index in [0.29, 0.717) is 15.6 Å². The molecule has 0 radical (unpaired) electrons. The van der Waals surface area contributed by atoms with Crippen molar-refractivity contribution < 1.29 is 14.3 Å². The lowest BCUT2D eigenvalue weighted by atomic mass is 10.1. The second kappa shape index (κ2) is 10.3. The number of halogens is 4. The van der Waals surface area contributed by atoms with Crippen molar-refractivity contribution in [1.82, 2.24) is 10.2 Å². The molecular formula is C25H18Cl4N2O3. The third-order valence-electron chi connectivity index (χ3n) is 5.10. The molecule has 0 atom stereocenters. The van der Waals surface area contributed by atoms with Crippen LogP contribution in [0.1, 0.15) is 22.3 Å². The summed E-state index contributed by atoms with van der Waals surface area (Å²) in [6, 6.07) is 15.4. The van der Waals surface area contributed by atoms with Gasteiger partial charge in [0, 0.05) is 15.6 Å². The van der Waals surface area contributed by atoms with Crippen LogP contribution in [0.2, 0.25) is 20.1 Å². The summed E-state index contributed by atoms with van der Waals surface area (Å²) in [5.41, 5.74) is 3.29. The lowest BCUT2D eigenvalue weighted by Gasteiger charge is -2.12. The standard InChI is InChI=1S/C25H18Cl4N2O3/c1-14-3-2-4-15(7-14)12-31-24(32)22(30-25(31)33)10-16-8-20(28)23(21(29)9-16)34-13-17-5-6-18(26)11-19(17)27/h2-11H,12-13H2,1H3,(H,30,33)/b22-10+. The maximum atomic E-state index is 12.8. The predicted molar refractivity (Wildman–Crippen MR) is 135 cm³/mol. The predicted octanol–water partition coefficient (Wildman–Crippen LogP) is 7.28. The van der Waals surface area contributed by atoms with E-state index in [9.17, 15) is 9.59 Å². The van der Waals surface area contributed by atoms with Gasteiger partial charge in [0.25, 0.3) is 5.91 Å². The summed E-state index contributed by atoms with van der Waals surface area (Å²) < 4.78 is 5.77. The molecule has 0 aliphatic carbocycles. The van der Waals surface area contributed by atoms with Gasteiger partial charge in [-0.1, -0.05) is 82.3 Å². The smallest absolute Gasteiger partial charge is 0.329 e. The number of carbonyl (C=O) groups excluding carboxylic acids is 2. The van der Waals surface area contributed by atoms with E-state index in [1.165, 1.54) is 6.08 Å². The van der Waals surface area contributed by atoms with Gasteiger partial charge in [-0.25, -0.2) is 4.79 Å². The van der Waals surface area contributed by atoms with Gasteiger partial charge < -0.3 is 10.1 Å². The molecule has 4 rings (SSSR count). The van der Waals surface area contributed by atoms with Gasteiger partial charge in [0.15, 0.2) is 5.75 Å². The fraction of sp³-hybridized carbons (Fsp3) is 0.120. The lowest BCUT2D eigenvalue weighted by Crippen LogP contribution is -2.30. The SMILES string of the molecule is Cc1cccc(CN2C(=O)N/C(=C/c3cc(Cl)c(OCc4ccc(Cl)cc4Cl)c(Cl)c3)C2=O)c1. The van der Waals surface area contributed by atoms with Crippen molar-refractivity contribution in [2.24, 2.45) is 0 Å². The first-order valence-electron chi connectivity index (χ1n) is 10.2. The number of imide groups is 1. The number of hydrogen-bond acceptors (Lipinski definition) is 3. The zero-order chi connectivity index (χ0) is 24.4. The molecule has 9 heteroatoms. The van der Waals surface area contributed by atoms with Gasteiger partial charge in [0.2, 0.25) is 0 Å². The Bertz CT molecular complexity index is 1300. The molecule has 1 fully saturated rings. The third kappa shape index (κ3) is 5.50. The number of urea groups is 1. The Labute approximate surface area is 216 Å². The number of aryl methyl sites for hydroxylation is 1. The van der Waals surface area contributed by atoms with E-state index in [1.54, 1.807) is 30.3 Å². The summed E-state index contributed by atoms with van der Waals surface area (Å²) in [6.45, 7) is 2.26. The Kier molecular flexibility index (Phi) is 7.39. The van der Waals surface area contributed by atoms with E-state index in [1.807, 2.05) is 31.2 Å². The summed E-state index contributed by atoms with van der Waals surface area (Å²) in [5.74, 6) is -0.157. The lowest BCUT2D eigenvalue weighted by molar-refractivity contribution is -0.123. The van der Waals surface area contributed by atoms with Gasteiger partial charge in [0.1, 0.15) is 12.3 Å². The normalized spacial score (nSPS) is 14.6. The molecule has 0 bridgehead atoms. The van der Waals surface area contributed by atoms with Gasteiger partial charge in [-0.3, -0.25) is 9.69 Å². The number of ether oxygens (including phenoxy) is 1. The first kappa shape index (κ1) is 24.4. The summed E-state index contributed by atoms with van der Waals surface area (Å²) in [4.78, 5) is 26.4. The van der Waals surface area contributed by atoms with Crippen LogP contribution in [0.15, 0.2) is 60.3 Å². The van der Waals surface area contributed by atoms with Crippen molar-refractivity contribution in [3.05, 3.63) is 103 Å². The highest BCUT2D eigenvalue weighted by molar-refractivity contribution is 6.37. The Morgan fingerprint density at radius 3 is 2.35 bits per heavy atom. The number of nitrogens with one attached hydrogen (secondary N) is 1. The van der Waals surface area contributed by atoms with E-state index in [0.717, 1.165) is 21.6 Å². The first-order chi connectivity index (χ1) is 16.2. The van der Waals surface area contributed by atoms with Gasteiger partial charge in [0.05, 0.1) is 16.6 Å². The molecule has 174 valence electrons. The van der Waals surface area contributed by atoms with Crippen LogP contribution in [0.4, 0.5) is 4.79 Å². The van der Waals surface area contributed by atoms with Gasteiger partial charge >= 0.3 is 6.03 Å². The Balaban J connectivity index is 1.50. The molecule has 3 aromatic carbocycles. The van der Waals surface area contributed by atoms with Crippen molar-refractivity contribution in [3.63, 3.8) is 0 Å². The molecule has 0 aromatic heterocycles. The van der Waals surface area contributed by atoms with E-state index in [4.69, 9.17) is 51.1 Å². The van der Waals surface area contributed by atoms with Crippen molar-refractivity contribution >= 4 is 64.4 Å². The van der Waals surface area contributed by atoms with Crippen LogP contribution in [-0.4, -0.2) is 16.8 Å². The quantitative estimate of drug-likeness (QED) is 0.266. The molecule has 0 spiro atoms. The molecular weight excluding hydrogens is 518 g/mol. The largest absolute Gasteiger partial charge is 0.486 e. The Hall–Kier alpha value is -2.70. The molecule has 1 saturated heterocycles. The van der Waals surface area contributed by atoms with Crippen molar-refractivity contribution in [2.75, 3.05) is 0 Å². The van der Waals surface area contributed by atoms with E-state index < -0.39 is 11.9 Å². The molecule has 0 unspecified atom stereocenters. The minimum atomic E-state index is -0.491. The third-order valence-corrected chi connectivity index (χ3v) is 6.25. The highest BCUT2D eigenvalue weighted by Crippen LogP contribution is 2.36. The van der Waals surface area contributed by atoms with E-state index in [2.05, 4.69) is 5.32 Å². The number of hydrogen-bond donors (Lipinski definition) is 1. The van der Waals surface area contributed by atoms with Crippen LogP contribution in [0.5, 0.6) is 5.75 Å². The second-order valence-corrected chi connectivity index (χ2v) is 9.36. The summed E-state index contributed by atoms with van der Waals surface area (Å²) in [6.07, 6.45) is 1.52. The molecule has 3 aromatic rings. The highest BCUT2D eigenvalue weighted by atomic mass is 35.5. The number of carbonyl (C=O) groups is 2. The van der Waals surface area contributed by atoms with Gasteiger partial charge in [-0.2, -0.15) is 0 Å². The van der Waals surface area contributed by atoms with Crippen molar-refractivity contribution in [2.45, 2.75) is 20.1 Å². The first-order valence-corrected chi connectivity index (χ1v) is 11.7. The maximum Gasteiger partial charge on any atom is 0.329 e. The zero-order valence-corrected chi connectivity index (χ0v) is 20.9. The number of benzene rings is 3. The molecule has 5 nitrogen and oxygen atoms in total. The molecule has 1 N–H and O–H groups in total. The van der Waals surface area contributed by atoms with Crippen LogP contribution in [0.3, 0.4) is 0 Å². The average Bonchev–Trinajstić information content (AvgIpc) is 3.02. The summed E-state index contributed by atoms with van der Waals surface area (Å²) in [5, 5.41) is 4.09. The maximum absolute atomic E-state index is 12.8. The number of amides is 3. The summed E-state index contributed by atoms with van der Waals surface area (Å²) >= 11 is 24.9. The Morgan fingerprint density at radius 2 is 1.68 bits per heavy atom. The van der Waals surface area contributed by atoms with Crippen LogP contribution in [0, 0.1) is 6.92 Å². The molecule has 3 amide bonds. The minimum Gasteiger partial charge on any atom is -0.486 e. The topological polar surface area (TPSA) is 58.6 Å². The van der Waals surface area contributed by atoms with Crippen molar-refractivity contribution in [3.8, 4) is 5.75 Å². The van der Waals surface area contributed by atoms with Gasteiger partial charge in [-0.05, 0) is 48.4 Å². The van der Waals surface area contributed by atoms with Crippen LogP contribution >= 0.6 is 46.4 Å². The average molecular weight is 536 g/mol. The summed E-state index contributed by atoms with van der Waals surface area (Å²) in [7, 11) is 0. The number of nitrogens with zero attached hydrogens (tertiary/aromatic N) is 1.